The number of aromatic hydroxyl groups is 1. The Morgan fingerprint density at radius 3 is 2.81 bits per heavy atom. The van der Waals surface area contributed by atoms with Crippen molar-refractivity contribution in [1.82, 2.24) is 0 Å². The second-order valence-electron chi connectivity index (χ2n) is 3.24. The third-order valence-corrected chi connectivity index (χ3v) is 2.17. The van der Waals surface area contributed by atoms with Gasteiger partial charge in [-0.1, -0.05) is 12.1 Å². The van der Waals surface area contributed by atoms with Crippen molar-refractivity contribution in [2.24, 2.45) is 0 Å². The van der Waals surface area contributed by atoms with Crippen LogP contribution in [-0.4, -0.2) is 18.2 Å². The molecule has 0 atom stereocenters. The van der Waals surface area contributed by atoms with Crippen LogP contribution in [0.15, 0.2) is 41.0 Å². The summed E-state index contributed by atoms with van der Waals surface area (Å²) in [5.41, 5.74) is 1.50. The van der Waals surface area contributed by atoms with Gasteiger partial charge in [-0.2, -0.15) is 0 Å². The Bertz CT molecular complexity index is 513. The number of carbonyl (C=O) groups excluding carboxylic acids is 1. The molecule has 0 unspecified atom stereocenters. The van der Waals surface area contributed by atoms with Crippen LogP contribution in [0.2, 0.25) is 0 Å². The summed E-state index contributed by atoms with van der Waals surface area (Å²) < 4.78 is 9.58. The first-order chi connectivity index (χ1) is 7.70. The fourth-order valence-corrected chi connectivity index (χ4v) is 1.38. The van der Waals surface area contributed by atoms with Gasteiger partial charge in [0.2, 0.25) is 5.76 Å². The van der Waals surface area contributed by atoms with Crippen LogP contribution in [0.5, 0.6) is 5.75 Å². The molecule has 16 heavy (non-hydrogen) atoms. The lowest BCUT2D eigenvalue weighted by atomic mass is 10.1. The van der Waals surface area contributed by atoms with Gasteiger partial charge in [0.05, 0.1) is 13.4 Å². The molecule has 0 aliphatic carbocycles. The Labute approximate surface area is 92.1 Å². The van der Waals surface area contributed by atoms with Crippen LogP contribution in [0.25, 0.3) is 11.1 Å². The topological polar surface area (TPSA) is 59.7 Å². The maximum atomic E-state index is 11.2. The summed E-state index contributed by atoms with van der Waals surface area (Å²) in [6.45, 7) is 0. The second-order valence-corrected chi connectivity index (χ2v) is 3.24. The first kappa shape index (κ1) is 10.3. The molecule has 2 aromatic rings. The molecule has 1 aromatic heterocycles. The second kappa shape index (κ2) is 4.10. The standard InChI is InChI=1S/C12H10O4/c1-15-12(14)11-6-9(7-16-11)8-3-2-4-10(13)5-8/h2-7,13H,1H3. The third-order valence-electron chi connectivity index (χ3n) is 2.17. The molecule has 82 valence electrons. The van der Waals surface area contributed by atoms with Crippen molar-refractivity contribution in [3.63, 3.8) is 0 Å². The molecule has 1 aromatic carbocycles. The zero-order valence-corrected chi connectivity index (χ0v) is 8.64. The van der Waals surface area contributed by atoms with E-state index < -0.39 is 5.97 Å². The highest BCUT2D eigenvalue weighted by atomic mass is 16.5. The van der Waals surface area contributed by atoms with E-state index in [0.717, 1.165) is 11.1 Å². The number of phenols is 1. The molecule has 1 N–H and O–H groups in total. The van der Waals surface area contributed by atoms with E-state index in [2.05, 4.69) is 4.74 Å². The van der Waals surface area contributed by atoms with Crippen LogP contribution in [0.3, 0.4) is 0 Å². The third kappa shape index (κ3) is 1.91. The SMILES string of the molecule is COC(=O)c1cc(-c2cccc(O)c2)co1. The zero-order chi connectivity index (χ0) is 11.5. The van der Waals surface area contributed by atoms with Gasteiger partial charge in [0.1, 0.15) is 5.75 Å². The molecular formula is C12H10O4. The summed E-state index contributed by atoms with van der Waals surface area (Å²) in [6.07, 6.45) is 1.45. The number of rotatable bonds is 2. The summed E-state index contributed by atoms with van der Waals surface area (Å²) in [5, 5.41) is 9.31. The molecule has 4 heteroatoms. The number of ether oxygens (including phenoxy) is 1. The average molecular weight is 218 g/mol. The lowest BCUT2D eigenvalue weighted by Crippen LogP contribution is -1.98. The Hall–Kier alpha value is -2.23. The summed E-state index contributed by atoms with van der Waals surface area (Å²) in [7, 11) is 1.29. The Morgan fingerprint density at radius 1 is 1.31 bits per heavy atom. The van der Waals surface area contributed by atoms with E-state index in [9.17, 15) is 9.90 Å². The lowest BCUT2D eigenvalue weighted by Gasteiger charge is -1.96. The summed E-state index contributed by atoms with van der Waals surface area (Å²) in [6, 6.07) is 8.26. The van der Waals surface area contributed by atoms with Gasteiger partial charge in [-0.25, -0.2) is 4.79 Å². The van der Waals surface area contributed by atoms with Crippen LogP contribution in [-0.2, 0) is 4.74 Å². The predicted octanol–water partition coefficient (Wildman–Crippen LogP) is 2.44. The van der Waals surface area contributed by atoms with E-state index in [1.165, 1.54) is 13.4 Å². The molecule has 0 spiro atoms. The maximum Gasteiger partial charge on any atom is 0.373 e. The molecule has 1 heterocycles. The van der Waals surface area contributed by atoms with Crippen molar-refractivity contribution >= 4 is 5.97 Å². The molecule has 0 aliphatic heterocycles. The number of esters is 1. The number of phenolic OH excluding ortho intramolecular Hbond substituents is 1. The van der Waals surface area contributed by atoms with E-state index in [4.69, 9.17) is 4.42 Å². The molecule has 2 rings (SSSR count). The molecule has 0 fully saturated rings. The lowest BCUT2D eigenvalue weighted by molar-refractivity contribution is 0.0565. The van der Waals surface area contributed by atoms with Crippen molar-refractivity contribution in [2.75, 3.05) is 7.11 Å². The van der Waals surface area contributed by atoms with E-state index in [0.29, 0.717) is 0 Å². The van der Waals surface area contributed by atoms with E-state index in [1.807, 2.05) is 6.07 Å². The van der Waals surface area contributed by atoms with Crippen LogP contribution >= 0.6 is 0 Å². The molecular weight excluding hydrogens is 208 g/mol. The minimum absolute atomic E-state index is 0.140. The number of hydrogen-bond donors (Lipinski definition) is 1. The number of carbonyl (C=O) groups is 1. The zero-order valence-electron chi connectivity index (χ0n) is 8.64. The molecule has 0 amide bonds. The molecule has 0 saturated carbocycles. The van der Waals surface area contributed by atoms with Crippen molar-refractivity contribution in [3.05, 3.63) is 42.4 Å². The van der Waals surface area contributed by atoms with Crippen molar-refractivity contribution in [1.29, 1.82) is 0 Å². The van der Waals surface area contributed by atoms with E-state index >= 15 is 0 Å². The Balaban J connectivity index is 2.35. The highest BCUT2D eigenvalue weighted by Crippen LogP contribution is 2.25. The monoisotopic (exact) mass is 218 g/mol. The molecule has 4 nitrogen and oxygen atoms in total. The van der Waals surface area contributed by atoms with Gasteiger partial charge in [0.25, 0.3) is 0 Å². The van der Waals surface area contributed by atoms with Crippen molar-refractivity contribution in [3.8, 4) is 16.9 Å². The quantitative estimate of drug-likeness (QED) is 0.786. The van der Waals surface area contributed by atoms with Crippen LogP contribution in [0.1, 0.15) is 10.6 Å². The van der Waals surface area contributed by atoms with Crippen molar-refractivity contribution < 1.29 is 19.1 Å². The highest BCUT2D eigenvalue weighted by Gasteiger charge is 2.11. The molecule has 0 saturated heterocycles. The van der Waals surface area contributed by atoms with Gasteiger partial charge in [0.15, 0.2) is 0 Å². The average Bonchev–Trinajstić information content (AvgIpc) is 2.77. The molecule has 0 aliphatic rings. The smallest absolute Gasteiger partial charge is 0.373 e. The highest BCUT2D eigenvalue weighted by molar-refractivity contribution is 5.88. The van der Waals surface area contributed by atoms with Crippen LogP contribution in [0.4, 0.5) is 0 Å². The Morgan fingerprint density at radius 2 is 2.12 bits per heavy atom. The normalized spacial score (nSPS) is 10.1. The fraction of sp³-hybridized carbons (Fsp3) is 0.0833. The fourth-order valence-electron chi connectivity index (χ4n) is 1.38. The summed E-state index contributed by atoms with van der Waals surface area (Å²) in [4.78, 5) is 11.2. The van der Waals surface area contributed by atoms with Gasteiger partial charge >= 0.3 is 5.97 Å². The van der Waals surface area contributed by atoms with Crippen LogP contribution < -0.4 is 0 Å². The number of hydrogen-bond acceptors (Lipinski definition) is 4. The van der Waals surface area contributed by atoms with Crippen LogP contribution in [0, 0.1) is 0 Å². The van der Waals surface area contributed by atoms with Gasteiger partial charge in [-0.05, 0) is 23.8 Å². The first-order valence-electron chi connectivity index (χ1n) is 4.67. The van der Waals surface area contributed by atoms with Gasteiger partial charge in [-0.3, -0.25) is 0 Å². The minimum atomic E-state index is -0.522. The summed E-state index contributed by atoms with van der Waals surface area (Å²) >= 11 is 0. The van der Waals surface area contributed by atoms with Gasteiger partial charge < -0.3 is 14.3 Å². The number of benzene rings is 1. The Kier molecular flexibility index (Phi) is 2.64. The first-order valence-corrected chi connectivity index (χ1v) is 4.67. The van der Waals surface area contributed by atoms with Crippen molar-refractivity contribution in [2.45, 2.75) is 0 Å². The minimum Gasteiger partial charge on any atom is -0.508 e. The molecule has 0 bridgehead atoms. The largest absolute Gasteiger partial charge is 0.508 e. The van der Waals surface area contributed by atoms with Gasteiger partial charge in [0, 0.05) is 5.56 Å². The number of methoxy groups -OCH3 is 1. The summed E-state index contributed by atoms with van der Waals surface area (Å²) in [5.74, 6) is -0.217. The molecule has 0 radical (unpaired) electrons. The van der Waals surface area contributed by atoms with E-state index in [1.54, 1.807) is 24.3 Å². The van der Waals surface area contributed by atoms with Gasteiger partial charge in [-0.15, -0.1) is 0 Å². The predicted molar refractivity (Wildman–Crippen MR) is 57.1 cm³/mol. The van der Waals surface area contributed by atoms with E-state index in [-0.39, 0.29) is 11.5 Å². The maximum absolute atomic E-state index is 11.2. The number of furan rings is 1.